The zero-order chi connectivity index (χ0) is 26.8. The van der Waals surface area contributed by atoms with Crippen LogP contribution in [0.25, 0.3) is 0 Å². The summed E-state index contributed by atoms with van der Waals surface area (Å²) >= 11 is 0. The van der Waals surface area contributed by atoms with Crippen molar-refractivity contribution in [3.8, 4) is 23.7 Å². The molecule has 37 heavy (non-hydrogen) atoms. The Morgan fingerprint density at radius 2 is 2.08 bits per heavy atom. The van der Waals surface area contributed by atoms with Gasteiger partial charge in [-0.05, 0) is 71.0 Å². The van der Waals surface area contributed by atoms with Crippen molar-refractivity contribution in [2.24, 2.45) is 0 Å². The second-order valence-corrected chi connectivity index (χ2v) is 12.8. The number of ether oxygens (including phenoxy) is 1. The Hall–Kier alpha value is -2.83. The fraction of sp³-hybridized carbons (Fsp3) is 0.615. The number of fused-ring (bicyclic) bond motifs is 1. The maximum atomic E-state index is 12.9. The third kappa shape index (κ3) is 5.86. The Labute approximate surface area is 218 Å². The molecular formula is C26H34N4O6S. The molecule has 11 heteroatoms. The van der Waals surface area contributed by atoms with Crippen LogP contribution in [0, 0.1) is 23.7 Å². The van der Waals surface area contributed by atoms with E-state index >= 15 is 0 Å². The Balaban J connectivity index is 1.36. The van der Waals surface area contributed by atoms with Crippen LogP contribution in [-0.4, -0.2) is 84.8 Å². The Bertz CT molecular complexity index is 1290. The summed E-state index contributed by atoms with van der Waals surface area (Å²) in [7, 11) is 0.197. The van der Waals surface area contributed by atoms with E-state index in [2.05, 4.69) is 34.1 Å². The number of hydrogen-bond donors (Lipinski definition) is 1. The van der Waals surface area contributed by atoms with Crippen LogP contribution >= 0.6 is 0 Å². The zero-order valence-corrected chi connectivity index (χ0v) is 22.6. The molecule has 2 atom stereocenters. The highest BCUT2D eigenvalue weighted by molar-refractivity contribution is 7.92. The lowest BCUT2D eigenvalue weighted by atomic mass is 10.1. The van der Waals surface area contributed by atoms with Crippen molar-refractivity contribution in [3.63, 3.8) is 0 Å². The molecule has 10 nitrogen and oxygen atoms in total. The van der Waals surface area contributed by atoms with Gasteiger partial charge in [0.2, 0.25) is 0 Å². The Morgan fingerprint density at radius 3 is 2.68 bits per heavy atom. The minimum Gasteiger partial charge on any atom is -0.350 e. The van der Waals surface area contributed by atoms with Crippen LogP contribution in [0.3, 0.4) is 0 Å². The van der Waals surface area contributed by atoms with Gasteiger partial charge in [-0.15, -0.1) is 0 Å². The summed E-state index contributed by atoms with van der Waals surface area (Å²) in [6, 6.07) is 1.54. The van der Waals surface area contributed by atoms with E-state index in [0.29, 0.717) is 25.1 Å². The second-order valence-electron chi connectivity index (χ2n) is 10.3. The number of hydrogen-bond acceptors (Lipinski definition) is 7. The highest BCUT2D eigenvalue weighted by Gasteiger charge is 2.45. The van der Waals surface area contributed by atoms with Crippen LogP contribution in [-0.2, 0) is 30.8 Å². The monoisotopic (exact) mass is 530 g/mol. The third-order valence-corrected chi connectivity index (χ3v) is 9.48. The molecule has 1 aromatic rings. The summed E-state index contributed by atoms with van der Waals surface area (Å²) in [4.78, 5) is 34.7. The number of nitrogens with zero attached hydrogens (tertiary/aromatic N) is 3. The maximum absolute atomic E-state index is 12.9. The molecule has 1 N–H and O–H groups in total. The van der Waals surface area contributed by atoms with Gasteiger partial charge in [0.25, 0.3) is 5.91 Å². The van der Waals surface area contributed by atoms with Gasteiger partial charge in [0.05, 0.1) is 12.1 Å². The second kappa shape index (κ2) is 10.5. The minimum atomic E-state index is -3.82. The summed E-state index contributed by atoms with van der Waals surface area (Å²) in [6.07, 6.45) is 6.51. The molecule has 0 bridgehead atoms. The lowest BCUT2D eigenvalue weighted by Crippen LogP contribution is -2.52. The molecule has 4 rings (SSSR count). The third-order valence-electron chi connectivity index (χ3n) is 7.45. The van der Waals surface area contributed by atoms with E-state index in [1.165, 1.54) is 16.4 Å². The first-order chi connectivity index (χ1) is 17.4. The van der Waals surface area contributed by atoms with Crippen molar-refractivity contribution < 1.29 is 27.6 Å². The molecule has 1 unspecified atom stereocenters. The van der Waals surface area contributed by atoms with E-state index in [1.807, 2.05) is 20.2 Å². The van der Waals surface area contributed by atoms with Gasteiger partial charge in [0.15, 0.2) is 20.9 Å². The molecule has 1 aromatic heterocycles. The van der Waals surface area contributed by atoms with E-state index < -0.39 is 26.8 Å². The predicted molar refractivity (Wildman–Crippen MR) is 137 cm³/mol. The smallest absolute Gasteiger partial charge is 0.328 e. The normalized spacial score (nSPS) is 21.8. The topological polar surface area (TPSA) is 110 Å². The number of rotatable bonds is 8. The predicted octanol–water partition coefficient (Wildman–Crippen LogP) is 1.49. The number of aromatic nitrogens is 1. The lowest BCUT2D eigenvalue weighted by molar-refractivity contribution is -0.201. The molecule has 0 aromatic carbocycles. The quantitative estimate of drug-likeness (QED) is 0.401. The first-order valence-corrected chi connectivity index (χ1v) is 14.3. The number of sulfone groups is 1. The summed E-state index contributed by atoms with van der Waals surface area (Å²) in [5.74, 6) is 11.2. The van der Waals surface area contributed by atoms with Crippen LogP contribution < -0.4 is 5.48 Å². The number of amides is 2. The van der Waals surface area contributed by atoms with Crippen LogP contribution in [0.5, 0.6) is 0 Å². The molecular weight excluding hydrogens is 496 g/mol. The number of hydroxylamine groups is 1. The highest BCUT2D eigenvalue weighted by Crippen LogP contribution is 2.39. The first kappa shape index (κ1) is 27.2. The van der Waals surface area contributed by atoms with Crippen molar-refractivity contribution in [3.05, 3.63) is 23.5 Å². The van der Waals surface area contributed by atoms with Crippen LogP contribution in [0.2, 0.25) is 0 Å². The van der Waals surface area contributed by atoms with Gasteiger partial charge >= 0.3 is 6.03 Å². The van der Waals surface area contributed by atoms with Crippen molar-refractivity contribution >= 4 is 21.8 Å². The number of carbonyl (C=O) groups excluding carboxylic acids is 2. The van der Waals surface area contributed by atoms with Gasteiger partial charge in [-0.1, -0.05) is 11.8 Å². The summed E-state index contributed by atoms with van der Waals surface area (Å²) < 4.78 is 30.3. The largest absolute Gasteiger partial charge is 0.350 e. The summed E-state index contributed by atoms with van der Waals surface area (Å²) in [5, 5.41) is 0. The minimum absolute atomic E-state index is 0.0547. The molecule has 2 amide bonds. The average molecular weight is 531 g/mol. The van der Waals surface area contributed by atoms with Crippen molar-refractivity contribution in [1.29, 1.82) is 0 Å². The van der Waals surface area contributed by atoms with Crippen LogP contribution in [0.15, 0.2) is 12.3 Å². The number of carbonyl (C=O) groups is 2. The standard InChI is InChI=1S/C26H34N4O6S/c1-25(37(4,33)34,23(31)27-36-22-10-6-8-16-35-22)14-15-29-19-21-17-20(18-30(21)24(29)32)9-5-7-11-26(12-13-26)28(2)3/h17-18,22H,6,8,10,12-16,19H2,1-4H3,(H,27,31)/t22-,25?/m1/s1. The molecule has 1 saturated carbocycles. The van der Waals surface area contributed by atoms with E-state index in [4.69, 9.17) is 9.57 Å². The molecule has 1 aliphatic carbocycles. The fourth-order valence-corrected chi connectivity index (χ4v) is 5.21. The van der Waals surface area contributed by atoms with E-state index in [1.54, 1.807) is 6.20 Å². The van der Waals surface area contributed by atoms with E-state index in [0.717, 1.165) is 37.6 Å². The maximum Gasteiger partial charge on any atom is 0.328 e. The Kier molecular flexibility index (Phi) is 7.72. The fourth-order valence-electron chi connectivity index (χ4n) is 4.37. The van der Waals surface area contributed by atoms with Crippen LogP contribution in [0.1, 0.15) is 56.7 Å². The lowest BCUT2D eigenvalue weighted by Gasteiger charge is -2.29. The van der Waals surface area contributed by atoms with E-state index in [9.17, 15) is 18.0 Å². The average Bonchev–Trinajstić information content (AvgIpc) is 3.46. The highest BCUT2D eigenvalue weighted by atomic mass is 32.2. The van der Waals surface area contributed by atoms with Gasteiger partial charge in [-0.2, -0.15) is 0 Å². The molecule has 3 heterocycles. The van der Waals surface area contributed by atoms with Gasteiger partial charge in [0, 0.05) is 43.3 Å². The molecule has 2 fully saturated rings. The van der Waals surface area contributed by atoms with E-state index in [-0.39, 0.29) is 24.5 Å². The molecule has 0 spiro atoms. The van der Waals surface area contributed by atoms with Crippen molar-refractivity contribution in [2.45, 2.75) is 68.6 Å². The number of nitrogens with one attached hydrogen (secondary N) is 1. The van der Waals surface area contributed by atoms with Gasteiger partial charge < -0.3 is 9.64 Å². The molecule has 2 aliphatic heterocycles. The molecule has 0 radical (unpaired) electrons. The van der Waals surface area contributed by atoms with Crippen molar-refractivity contribution in [1.82, 2.24) is 19.8 Å². The van der Waals surface area contributed by atoms with Crippen molar-refractivity contribution in [2.75, 3.05) is 33.5 Å². The Morgan fingerprint density at radius 1 is 1.32 bits per heavy atom. The molecule has 1 saturated heterocycles. The zero-order valence-electron chi connectivity index (χ0n) is 21.8. The van der Waals surface area contributed by atoms with Gasteiger partial charge in [-0.3, -0.25) is 14.3 Å². The van der Waals surface area contributed by atoms with Crippen LogP contribution in [0.4, 0.5) is 4.79 Å². The summed E-state index contributed by atoms with van der Waals surface area (Å²) in [5.41, 5.74) is 3.65. The SMILES string of the molecule is CN(C)C1(C#CC#Cc2cc3n(c2)C(=O)N(CCC(C)(C(=O)NO[C@@H]2CCCCO2)S(C)(=O)=O)C3)CC1. The molecule has 3 aliphatic rings. The molecule has 200 valence electrons. The first-order valence-electron chi connectivity index (χ1n) is 12.4. The van der Waals surface area contributed by atoms with Gasteiger partial charge in [0.1, 0.15) is 0 Å². The van der Waals surface area contributed by atoms with Gasteiger partial charge in [-0.25, -0.2) is 23.5 Å². The summed E-state index contributed by atoms with van der Waals surface area (Å²) in [6.45, 7) is 2.25.